The van der Waals surface area contributed by atoms with Gasteiger partial charge in [-0.3, -0.25) is 9.67 Å². The molecule has 0 fully saturated rings. The molecule has 0 radical (unpaired) electrons. The van der Waals surface area contributed by atoms with Crippen LogP contribution in [0.2, 0.25) is 0 Å². The van der Waals surface area contributed by atoms with Crippen LogP contribution in [0.3, 0.4) is 0 Å². The molecule has 0 saturated carbocycles. The van der Waals surface area contributed by atoms with Crippen LogP contribution in [0.1, 0.15) is 25.1 Å². The number of rotatable bonds is 7. The van der Waals surface area contributed by atoms with Crippen molar-refractivity contribution < 1.29 is 0 Å². The Morgan fingerprint density at radius 1 is 1.38 bits per heavy atom. The lowest BCUT2D eigenvalue weighted by molar-refractivity contribution is 0.548. The Balaban J connectivity index is 1.95. The fourth-order valence-corrected chi connectivity index (χ4v) is 2.21. The molecule has 0 aliphatic rings. The van der Waals surface area contributed by atoms with Crippen LogP contribution >= 0.6 is 0 Å². The maximum atomic E-state index is 4.42. The quantitative estimate of drug-likeness (QED) is 0.848. The van der Waals surface area contributed by atoms with Crippen LogP contribution in [-0.4, -0.2) is 28.4 Å². The van der Waals surface area contributed by atoms with E-state index in [2.05, 4.69) is 47.3 Å². The maximum Gasteiger partial charge on any atom is 0.0562 e. The Labute approximate surface area is 127 Å². The van der Waals surface area contributed by atoms with Crippen molar-refractivity contribution in [2.24, 2.45) is 13.0 Å². The predicted molar refractivity (Wildman–Crippen MR) is 86.1 cm³/mol. The van der Waals surface area contributed by atoms with Gasteiger partial charge in [-0.05, 0) is 24.6 Å². The lowest BCUT2D eigenvalue weighted by Crippen LogP contribution is -2.20. The summed E-state index contributed by atoms with van der Waals surface area (Å²) in [4.78, 5) is 6.64. The summed E-state index contributed by atoms with van der Waals surface area (Å²) in [6.07, 6.45) is 5.83. The third-order valence-corrected chi connectivity index (χ3v) is 3.28. The Hall–Kier alpha value is -1.88. The SMILES string of the molecule is CC(C)CNCc1cc(N(C)Cc2cnn(C)c2)ccn1. The van der Waals surface area contributed by atoms with Gasteiger partial charge in [-0.15, -0.1) is 0 Å². The molecular weight excluding hydrogens is 262 g/mol. The fourth-order valence-electron chi connectivity index (χ4n) is 2.21. The van der Waals surface area contributed by atoms with Crippen LogP contribution in [0.5, 0.6) is 0 Å². The van der Waals surface area contributed by atoms with Crippen molar-refractivity contribution in [2.75, 3.05) is 18.5 Å². The summed E-state index contributed by atoms with van der Waals surface area (Å²) in [6.45, 7) is 7.08. The molecule has 2 heterocycles. The Morgan fingerprint density at radius 3 is 2.86 bits per heavy atom. The number of hydrogen-bond acceptors (Lipinski definition) is 4. The fraction of sp³-hybridized carbons (Fsp3) is 0.500. The van der Waals surface area contributed by atoms with E-state index in [-0.39, 0.29) is 0 Å². The summed E-state index contributed by atoms with van der Waals surface area (Å²) >= 11 is 0. The van der Waals surface area contributed by atoms with E-state index in [0.29, 0.717) is 5.92 Å². The van der Waals surface area contributed by atoms with E-state index in [1.165, 1.54) is 11.3 Å². The third-order valence-electron chi connectivity index (χ3n) is 3.28. The molecule has 2 aromatic rings. The Bertz CT molecular complexity index is 561. The van der Waals surface area contributed by atoms with Crippen LogP contribution in [0.15, 0.2) is 30.7 Å². The molecule has 0 unspecified atom stereocenters. The minimum Gasteiger partial charge on any atom is -0.370 e. The average molecular weight is 287 g/mol. The molecular formula is C16H25N5. The maximum absolute atomic E-state index is 4.42. The zero-order chi connectivity index (χ0) is 15.2. The van der Waals surface area contributed by atoms with Gasteiger partial charge in [-0.25, -0.2) is 0 Å². The van der Waals surface area contributed by atoms with Crippen molar-refractivity contribution in [3.8, 4) is 0 Å². The van der Waals surface area contributed by atoms with Crippen LogP contribution in [0, 0.1) is 5.92 Å². The highest BCUT2D eigenvalue weighted by atomic mass is 15.2. The van der Waals surface area contributed by atoms with E-state index < -0.39 is 0 Å². The van der Waals surface area contributed by atoms with Gasteiger partial charge in [0.25, 0.3) is 0 Å². The molecule has 2 rings (SSSR count). The minimum atomic E-state index is 0.654. The molecule has 21 heavy (non-hydrogen) atoms. The van der Waals surface area contributed by atoms with Crippen molar-refractivity contribution >= 4 is 5.69 Å². The van der Waals surface area contributed by atoms with Gasteiger partial charge >= 0.3 is 0 Å². The van der Waals surface area contributed by atoms with Gasteiger partial charge in [-0.1, -0.05) is 13.8 Å². The summed E-state index contributed by atoms with van der Waals surface area (Å²) < 4.78 is 1.83. The summed E-state index contributed by atoms with van der Waals surface area (Å²) in [5.74, 6) is 0.654. The standard InChI is InChI=1S/C16H25N5/c1-13(2)8-17-10-15-7-16(5-6-18-15)20(3)11-14-9-19-21(4)12-14/h5-7,9,12-13,17H,8,10-11H2,1-4H3. The van der Waals surface area contributed by atoms with E-state index in [1.807, 2.05) is 36.4 Å². The average Bonchev–Trinajstić information content (AvgIpc) is 2.84. The molecule has 0 amide bonds. The molecule has 2 aromatic heterocycles. The number of aryl methyl sites for hydroxylation is 1. The number of nitrogens with one attached hydrogen (secondary N) is 1. The third kappa shape index (κ3) is 4.86. The molecule has 5 nitrogen and oxygen atoms in total. The van der Waals surface area contributed by atoms with E-state index in [9.17, 15) is 0 Å². The van der Waals surface area contributed by atoms with Crippen LogP contribution < -0.4 is 10.2 Å². The number of aromatic nitrogens is 3. The number of hydrogen-bond donors (Lipinski definition) is 1. The van der Waals surface area contributed by atoms with Crippen molar-refractivity contribution in [3.05, 3.63) is 42.0 Å². The van der Waals surface area contributed by atoms with E-state index in [0.717, 1.165) is 25.3 Å². The zero-order valence-corrected chi connectivity index (χ0v) is 13.4. The van der Waals surface area contributed by atoms with Gasteiger partial charge in [0.05, 0.1) is 11.9 Å². The Kier molecular flexibility index (Phi) is 5.33. The van der Waals surface area contributed by atoms with E-state index in [1.54, 1.807) is 0 Å². The normalized spacial score (nSPS) is 11.1. The summed E-state index contributed by atoms with van der Waals surface area (Å²) in [7, 11) is 4.03. The van der Waals surface area contributed by atoms with Crippen LogP contribution in [0.4, 0.5) is 5.69 Å². The van der Waals surface area contributed by atoms with Crippen molar-refractivity contribution in [3.63, 3.8) is 0 Å². The molecule has 0 atom stereocenters. The predicted octanol–water partition coefficient (Wildman–Crippen LogP) is 2.20. The highest BCUT2D eigenvalue weighted by Crippen LogP contribution is 2.15. The molecule has 114 valence electrons. The largest absolute Gasteiger partial charge is 0.370 e. The van der Waals surface area contributed by atoms with Gasteiger partial charge in [0.2, 0.25) is 0 Å². The molecule has 0 bridgehead atoms. The summed E-state index contributed by atoms with van der Waals surface area (Å²) in [5.41, 5.74) is 3.46. The second-order valence-corrected chi connectivity index (χ2v) is 5.91. The van der Waals surface area contributed by atoms with Crippen LogP contribution in [0.25, 0.3) is 0 Å². The highest BCUT2D eigenvalue weighted by Gasteiger charge is 2.05. The first-order chi connectivity index (χ1) is 10.0. The van der Waals surface area contributed by atoms with Crippen molar-refractivity contribution in [1.82, 2.24) is 20.1 Å². The van der Waals surface area contributed by atoms with Crippen molar-refractivity contribution in [1.29, 1.82) is 0 Å². The number of pyridine rings is 1. The first kappa shape index (κ1) is 15.5. The second-order valence-electron chi connectivity index (χ2n) is 5.91. The van der Waals surface area contributed by atoms with Crippen LogP contribution in [-0.2, 0) is 20.1 Å². The number of nitrogens with zero attached hydrogens (tertiary/aromatic N) is 4. The molecule has 0 saturated heterocycles. The van der Waals surface area contributed by atoms with E-state index in [4.69, 9.17) is 0 Å². The lowest BCUT2D eigenvalue weighted by atomic mass is 10.2. The van der Waals surface area contributed by atoms with Gasteiger partial charge in [0, 0.05) is 50.8 Å². The molecule has 0 aromatic carbocycles. The lowest BCUT2D eigenvalue weighted by Gasteiger charge is -2.19. The summed E-state index contributed by atoms with van der Waals surface area (Å²) in [5, 5.41) is 7.63. The van der Waals surface area contributed by atoms with Gasteiger partial charge in [0.15, 0.2) is 0 Å². The smallest absolute Gasteiger partial charge is 0.0562 e. The van der Waals surface area contributed by atoms with E-state index >= 15 is 0 Å². The minimum absolute atomic E-state index is 0.654. The monoisotopic (exact) mass is 287 g/mol. The molecule has 0 aliphatic heterocycles. The summed E-state index contributed by atoms with van der Waals surface area (Å²) in [6, 6.07) is 4.19. The first-order valence-corrected chi connectivity index (χ1v) is 7.39. The number of anilines is 1. The van der Waals surface area contributed by atoms with Gasteiger partial charge in [0.1, 0.15) is 0 Å². The highest BCUT2D eigenvalue weighted by molar-refractivity contribution is 5.46. The van der Waals surface area contributed by atoms with Crippen molar-refractivity contribution in [2.45, 2.75) is 26.9 Å². The molecule has 5 heteroatoms. The van der Waals surface area contributed by atoms with Gasteiger partial charge in [-0.2, -0.15) is 5.10 Å². The van der Waals surface area contributed by atoms with Gasteiger partial charge < -0.3 is 10.2 Å². The molecule has 0 aliphatic carbocycles. The Morgan fingerprint density at radius 2 is 2.19 bits per heavy atom. The first-order valence-electron chi connectivity index (χ1n) is 7.39. The second kappa shape index (κ2) is 7.22. The zero-order valence-electron chi connectivity index (χ0n) is 13.4. The topological polar surface area (TPSA) is 46.0 Å². The molecule has 0 spiro atoms. The molecule has 1 N–H and O–H groups in total.